The number of amides is 1. The third-order valence-electron chi connectivity index (χ3n) is 3.79. The Kier molecular flexibility index (Phi) is 4.35. The molecule has 2 heterocycles. The predicted octanol–water partition coefficient (Wildman–Crippen LogP) is 3.79. The Morgan fingerprint density at radius 3 is 2.78 bits per heavy atom. The van der Waals surface area contributed by atoms with Crippen molar-refractivity contribution in [3.8, 4) is 0 Å². The fraction of sp³-hybridized carbons (Fsp3) is 0.222. The number of carbonyl (C=O) groups is 1. The molecule has 0 saturated heterocycles. The summed E-state index contributed by atoms with van der Waals surface area (Å²) in [5.74, 6) is -0.139. The van der Waals surface area contributed by atoms with Crippen molar-refractivity contribution < 1.29 is 4.79 Å². The average molecular weight is 328 g/mol. The summed E-state index contributed by atoms with van der Waals surface area (Å²) in [6.07, 6.45) is 2.64. The number of nitrogens with zero attached hydrogens (tertiary/aromatic N) is 2. The highest BCUT2D eigenvalue weighted by atomic mass is 35.5. The second kappa shape index (κ2) is 6.42. The molecular weight excluding hydrogens is 310 g/mol. The molecule has 0 saturated carbocycles. The summed E-state index contributed by atoms with van der Waals surface area (Å²) < 4.78 is 1.86. The Hall–Kier alpha value is -2.33. The fourth-order valence-corrected chi connectivity index (χ4v) is 2.79. The minimum Gasteiger partial charge on any atom is -0.347 e. The summed E-state index contributed by atoms with van der Waals surface area (Å²) in [6.45, 7) is 4.39. The first-order chi connectivity index (χ1) is 11.1. The number of aromatic nitrogens is 2. The lowest BCUT2D eigenvalue weighted by Gasteiger charge is -2.08. The van der Waals surface area contributed by atoms with E-state index in [2.05, 4.69) is 10.3 Å². The quantitative estimate of drug-likeness (QED) is 0.792. The predicted molar refractivity (Wildman–Crippen MR) is 91.9 cm³/mol. The van der Waals surface area contributed by atoms with Crippen molar-refractivity contribution in [3.63, 3.8) is 0 Å². The van der Waals surface area contributed by atoms with E-state index in [1.807, 2.05) is 60.8 Å². The lowest BCUT2D eigenvalue weighted by Crippen LogP contribution is -2.25. The largest absolute Gasteiger partial charge is 0.347 e. The molecule has 0 aliphatic heterocycles. The van der Waals surface area contributed by atoms with Crippen molar-refractivity contribution in [3.05, 3.63) is 70.1 Å². The second-order valence-corrected chi connectivity index (χ2v) is 5.88. The Labute approximate surface area is 140 Å². The van der Waals surface area contributed by atoms with Crippen LogP contribution in [0.4, 0.5) is 0 Å². The molecule has 0 spiro atoms. The van der Waals surface area contributed by atoms with E-state index in [0.29, 0.717) is 23.7 Å². The van der Waals surface area contributed by atoms with Gasteiger partial charge in [0.2, 0.25) is 0 Å². The highest BCUT2D eigenvalue weighted by molar-refractivity contribution is 6.31. The van der Waals surface area contributed by atoms with E-state index in [4.69, 9.17) is 11.6 Å². The van der Waals surface area contributed by atoms with Crippen LogP contribution in [0.5, 0.6) is 0 Å². The molecule has 3 aromatic rings. The van der Waals surface area contributed by atoms with Gasteiger partial charge in [-0.05, 0) is 36.6 Å². The third-order valence-corrected chi connectivity index (χ3v) is 4.15. The normalized spacial score (nSPS) is 10.9. The summed E-state index contributed by atoms with van der Waals surface area (Å²) in [6, 6.07) is 11.4. The Balaban J connectivity index is 1.91. The average Bonchev–Trinajstić information content (AvgIpc) is 2.91. The smallest absolute Gasteiger partial charge is 0.270 e. The van der Waals surface area contributed by atoms with Gasteiger partial charge in [-0.3, -0.25) is 9.20 Å². The zero-order valence-electron chi connectivity index (χ0n) is 13.1. The zero-order valence-corrected chi connectivity index (χ0v) is 13.9. The number of rotatable bonds is 4. The molecule has 0 aliphatic rings. The molecule has 5 heteroatoms. The van der Waals surface area contributed by atoms with Gasteiger partial charge in [0.25, 0.3) is 5.91 Å². The number of fused-ring (bicyclic) bond motifs is 1. The van der Waals surface area contributed by atoms with Crippen molar-refractivity contribution in [2.45, 2.75) is 26.8 Å². The number of imidazole rings is 1. The van der Waals surface area contributed by atoms with Gasteiger partial charge in [-0.25, -0.2) is 4.98 Å². The molecule has 0 bridgehead atoms. The van der Waals surface area contributed by atoms with E-state index in [1.54, 1.807) is 0 Å². The van der Waals surface area contributed by atoms with Crippen LogP contribution in [0.2, 0.25) is 5.02 Å². The molecule has 0 atom stereocenters. The standard InChI is InChI=1S/C18H18ClN3O/c1-3-15-17(22-11-12(2)8-9-16(22)21-15)18(23)20-10-13-6-4-5-7-14(13)19/h4-9,11H,3,10H2,1-2H3,(H,20,23). The number of aryl methyl sites for hydroxylation is 2. The van der Waals surface area contributed by atoms with E-state index < -0.39 is 0 Å². The number of nitrogens with one attached hydrogen (secondary N) is 1. The number of pyridine rings is 1. The monoisotopic (exact) mass is 327 g/mol. The van der Waals surface area contributed by atoms with Gasteiger partial charge in [0.15, 0.2) is 0 Å². The molecule has 23 heavy (non-hydrogen) atoms. The van der Waals surface area contributed by atoms with Crippen LogP contribution in [0.25, 0.3) is 5.65 Å². The summed E-state index contributed by atoms with van der Waals surface area (Å²) in [7, 11) is 0. The number of halogens is 1. The van der Waals surface area contributed by atoms with E-state index in [9.17, 15) is 4.79 Å². The molecule has 2 aromatic heterocycles. The lowest BCUT2D eigenvalue weighted by atomic mass is 10.2. The van der Waals surface area contributed by atoms with Gasteiger partial charge in [0.05, 0.1) is 5.69 Å². The van der Waals surface area contributed by atoms with Crippen LogP contribution < -0.4 is 5.32 Å². The number of hydrogen-bond donors (Lipinski definition) is 1. The Morgan fingerprint density at radius 2 is 2.04 bits per heavy atom. The third kappa shape index (κ3) is 3.08. The van der Waals surface area contributed by atoms with Crippen LogP contribution in [-0.4, -0.2) is 15.3 Å². The highest BCUT2D eigenvalue weighted by Gasteiger charge is 2.18. The summed E-state index contributed by atoms with van der Waals surface area (Å²) >= 11 is 6.14. The molecule has 1 N–H and O–H groups in total. The summed E-state index contributed by atoms with van der Waals surface area (Å²) in [5, 5.41) is 3.59. The SMILES string of the molecule is CCc1nc2ccc(C)cn2c1C(=O)NCc1ccccc1Cl. The summed E-state index contributed by atoms with van der Waals surface area (Å²) in [5.41, 5.74) is 4.16. The lowest BCUT2D eigenvalue weighted by molar-refractivity contribution is 0.0944. The van der Waals surface area contributed by atoms with Crippen molar-refractivity contribution in [1.29, 1.82) is 0 Å². The van der Waals surface area contributed by atoms with Gasteiger partial charge in [0, 0.05) is 17.8 Å². The molecule has 1 aromatic carbocycles. The zero-order chi connectivity index (χ0) is 16.4. The van der Waals surface area contributed by atoms with Gasteiger partial charge in [-0.2, -0.15) is 0 Å². The minimum atomic E-state index is -0.139. The molecule has 0 radical (unpaired) electrons. The van der Waals surface area contributed by atoms with Crippen LogP contribution in [0.3, 0.4) is 0 Å². The number of benzene rings is 1. The molecule has 3 rings (SSSR count). The van der Waals surface area contributed by atoms with Crippen LogP contribution in [0.1, 0.15) is 34.2 Å². The second-order valence-electron chi connectivity index (χ2n) is 5.47. The van der Waals surface area contributed by atoms with Gasteiger partial charge >= 0.3 is 0 Å². The van der Waals surface area contributed by atoms with Crippen molar-refractivity contribution >= 4 is 23.2 Å². The first-order valence-electron chi connectivity index (χ1n) is 7.59. The van der Waals surface area contributed by atoms with Crippen molar-refractivity contribution in [2.24, 2.45) is 0 Å². The van der Waals surface area contributed by atoms with Crippen LogP contribution in [0.15, 0.2) is 42.6 Å². The molecule has 1 amide bonds. The number of carbonyl (C=O) groups excluding carboxylic acids is 1. The molecular formula is C18H18ClN3O. The minimum absolute atomic E-state index is 0.139. The van der Waals surface area contributed by atoms with E-state index in [0.717, 1.165) is 22.5 Å². The topological polar surface area (TPSA) is 46.4 Å². The van der Waals surface area contributed by atoms with Crippen LogP contribution in [0, 0.1) is 6.92 Å². The first-order valence-corrected chi connectivity index (χ1v) is 7.97. The number of hydrogen-bond acceptors (Lipinski definition) is 2. The molecule has 0 fully saturated rings. The van der Waals surface area contributed by atoms with Crippen molar-refractivity contribution in [2.75, 3.05) is 0 Å². The van der Waals surface area contributed by atoms with Gasteiger partial charge in [-0.1, -0.05) is 42.8 Å². The maximum Gasteiger partial charge on any atom is 0.270 e. The molecule has 4 nitrogen and oxygen atoms in total. The Morgan fingerprint density at radius 1 is 1.26 bits per heavy atom. The molecule has 0 unspecified atom stereocenters. The highest BCUT2D eigenvalue weighted by Crippen LogP contribution is 2.17. The molecule has 0 aliphatic carbocycles. The van der Waals surface area contributed by atoms with Crippen LogP contribution in [-0.2, 0) is 13.0 Å². The maximum absolute atomic E-state index is 12.7. The van der Waals surface area contributed by atoms with E-state index in [1.165, 1.54) is 0 Å². The van der Waals surface area contributed by atoms with Gasteiger partial charge in [0.1, 0.15) is 11.3 Å². The fourth-order valence-electron chi connectivity index (χ4n) is 2.59. The molecule has 118 valence electrons. The van der Waals surface area contributed by atoms with Crippen molar-refractivity contribution in [1.82, 2.24) is 14.7 Å². The summed E-state index contributed by atoms with van der Waals surface area (Å²) in [4.78, 5) is 17.2. The van der Waals surface area contributed by atoms with E-state index in [-0.39, 0.29) is 5.91 Å². The van der Waals surface area contributed by atoms with Crippen LogP contribution >= 0.6 is 11.6 Å². The maximum atomic E-state index is 12.7. The van der Waals surface area contributed by atoms with Gasteiger partial charge in [-0.15, -0.1) is 0 Å². The van der Waals surface area contributed by atoms with Gasteiger partial charge < -0.3 is 5.32 Å². The van der Waals surface area contributed by atoms with E-state index >= 15 is 0 Å². The Bertz CT molecular complexity index is 870. The first kappa shape index (κ1) is 15.6.